The first-order chi connectivity index (χ1) is 8.53. The third-order valence-corrected chi connectivity index (χ3v) is 15.9. The first-order valence-electron chi connectivity index (χ1n) is 6.19. The second-order valence-corrected chi connectivity index (χ2v) is 16.1. The van der Waals surface area contributed by atoms with Crippen LogP contribution in [0, 0.1) is 5.92 Å². The molecular formula is C9H22O6Si4. The van der Waals surface area contributed by atoms with E-state index in [0.29, 0.717) is 6.04 Å². The molecule has 2 radical (unpaired) electrons. The molecule has 0 bridgehead atoms. The molecule has 1 aliphatic rings. The monoisotopic (exact) mass is 338 g/mol. The topological polar surface area (TPSA) is 74.2 Å². The maximum absolute atomic E-state index is 11.0. The van der Waals surface area contributed by atoms with Crippen molar-refractivity contribution in [3.63, 3.8) is 0 Å². The molecule has 1 unspecified atom stereocenters. The second-order valence-electron chi connectivity index (χ2n) is 5.37. The predicted octanol–water partition coefficient (Wildman–Crippen LogP) is 1.80. The van der Waals surface area contributed by atoms with Gasteiger partial charge in [-0.2, -0.15) is 0 Å². The lowest BCUT2D eigenvalue weighted by molar-refractivity contribution is -0.140. The van der Waals surface area contributed by atoms with Crippen LogP contribution in [0.25, 0.3) is 0 Å². The number of carboxylic acids is 1. The van der Waals surface area contributed by atoms with Crippen molar-refractivity contribution < 1.29 is 26.4 Å². The summed E-state index contributed by atoms with van der Waals surface area (Å²) in [4.78, 5) is 11.0. The summed E-state index contributed by atoms with van der Waals surface area (Å²) in [5, 5.41) is 9.04. The van der Waals surface area contributed by atoms with Crippen molar-refractivity contribution in [2.75, 3.05) is 0 Å². The van der Waals surface area contributed by atoms with Crippen LogP contribution in [0.4, 0.5) is 0 Å². The van der Waals surface area contributed by atoms with Gasteiger partial charge in [0.2, 0.25) is 0 Å². The van der Waals surface area contributed by atoms with Gasteiger partial charge in [0.1, 0.15) is 0 Å². The average Bonchev–Trinajstić information content (AvgIpc) is 2.10. The summed E-state index contributed by atoms with van der Waals surface area (Å²) in [6, 6.07) is 0.418. The number of aliphatic carboxylic acids is 1. The van der Waals surface area contributed by atoms with Gasteiger partial charge in [-0.1, -0.05) is 6.92 Å². The Kier molecular flexibility index (Phi) is 5.71. The Balaban J connectivity index is 2.80. The van der Waals surface area contributed by atoms with Crippen LogP contribution in [0.1, 0.15) is 6.92 Å². The van der Waals surface area contributed by atoms with Crippen LogP contribution in [0.2, 0.25) is 38.8 Å². The lowest BCUT2D eigenvalue weighted by Gasteiger charge is -2.39. The number of carbonyl (C=O) groups is 1. The van der Waals surface area contributed by atoms with E-state index in [1.165, 1.54) is 0 Å². The summed E-state index contributed by atoms with van der Waals surface area (Å²) < 4.78 is 23.9. The highest BCUT2D eigenvalue weighted by Crippen LogP contribution is 2.26. The van der Waals surface area contributed by atoms with Crippen LogP contribution in [0.15, 0.2) is 0 Å². The third kappa shape index (κ3) is 5.59. The Bertz CT molecular complexity index is 323. The Morgan fingerprint density at radius 3 is 1.89 bits per heavy atom. The van der Waals surface area contributed by atoms with Crippen molar-refractivity contribution in [3.8, 4) is 0 Å². The highest BCUT2D eigenvalue weighted by atomic mass is 28.5. The van der Waals surface area contributed by atoms with E-state index in [2.05, 4.69) is 0 Å². The molecule has 0 amide bonds. The molecule has 1 aliphatic heterocycles. The van der Waals surface area contributed by atoms with E-state index in [0.717, 1.165) is 0 Å². The number of carboxylic acid groups (broad SMARTS) is 1. The quantitative estimate of drug-likeness (QED) is 0.791. The molecule has 0 spiro atoms. The van der Waals surface area contributed by atoms with Crippen LogP contribution in [-0.4, -0.2) is 46.8 Å². The Morgan fingerprint density at radius 2 is 1.53 bits per heavy atom. The molecule has 110 valence electrons. The molecule has 10 heteroatoms. The maximum atomic E-state index is 11.0. The molecule has 1 atom stereocenters. The first-order valence-corrected chi connectivity index (χ1v) is 15.2. The zero-order valence-corrected chi connectivity index (χ0v) is 16.3. The summed E-state index contributed by atoms with van der Waals surface area (Å²) in [5.74, 6) is -1.31. The van der Waals surface area contributed by atoms with E-state index < -0.39 is 47.6 Å². The number of hydrogen-bond donors (Lipinski definition) is 1. The van der Waals surface area contributed by atoms with Crippen LogP contribution in [0.3, 0.4) is 0 Å². The fourth-order valence-corrected chi connectivity index (χ4v) is 16.6. The zero-order valence-electron chi connectivity index (χ0n) is 12.3. The zero-order chi connectivity index (χ0) is 14.8. The van der Waals surface area contributed by atoms with Gasteiger partial charge in [-0.05, 0) is 32.7 Å². The van der Waals surface area contributed by atoms with E-state index in [4.69, 9.17) is 21.6 Å². The molecule has 0 aromatic rings. The summed E-state index contributed by atoms with van der Waals surface area (Å²) in [6.07, 6.45) is 0. The van der Waals surface area contributed by atoms with Crippen molar-refractivity contribution in [2.45, 2.75) is 45.7 Å². The summed E-state index contributed by atoms with van der Waals surface area (Å²) in [7, 11) is -7.65. The molecule has 1 N–H and O–H groups in total. The van der Waals surface area contributed by atoms with E-state index in [9.17, 15) is 4.79 Å². The van der Waals surface area contributed by atoms with Gasteiger partial charge in [0.05, 0.1) is 5.92 Å². The predicted molar refractivity (Wildman–Crippen MR) is 78.3 cm³/mol. The van der Waals surface area contributed by atoms with Crippen LogP contribution in [0.5, 0.6) is 0 Å². The first kappa shape index (κ1) is 17.2. The van der Waals surface area contributed by atoms with Gasteiger partial charge >= 0.3 is 41.7 Å². The second kappa shape index (κ2) is 6.30. The van der Waals surface area contributed by atoms with Crippen molar-refractivity contribution in [1.29, 1.82) is 0 Å². The van der Waals surface area contributed by atoms with Crippen molar-refractivity contribution in [1.82, 2.24) is 0 Å². The molecule has 1 rings (SSSR count). The highest BCUT2D eigenvalue weighted by molar-refractivity contribution is 6.84. The smallest absolute Gasteiger partial charge is 0.362 e. The lowest BCUT2D eigenvalue weighted by atomic mass is 10.2. The van der Waals surface area contributed by atoms with Gasteiger partial charge in [0.15, 0.2) is 0 Å². The van der Waals surface area contributed by atoms with Gasteiger partial charge in [-0.25, -0.2) is 0 Å². The van der Waals surface area contributed by atoms with E-state index in [1.54, 1.807) is 6.92 Å². The minimum absolute atomic E-state index is 0.418. The summed E-state index contributed by atoms with van der Waals surface area (Å²) in [5.41, 5.74) is 0. The minimum Gasteiger partial charge on any atom is -0.481 e. The Hall–Kier alpha value is 0.178. The molecule has 1 heterocycles. The maximum Gasteiger partial charge on any atom is 0.362 e. The molecule has 1 fully saturated rings. The van der Waals surface area contributed by atoms with Crippen LogP contribution >= 0.6 is 0 Å². The average molecular weight is 339 g/mol. The standard InChI is InChI=1S/C9H22O6Si4/c1-8(9(10)11)7-19(6)14-16(2)12-18(4,5)13-17(3)15-19/h8H,7H2,1-6H3,(H,10,11). The molecule has 19 heavy (non-hydrogen) atoms. The molecule has 0 aromatic carbocycles. The summed E-state index contributed by atoms with van der Waals surface area (Å²) >= 11 is 0. The fourth-order valence-electron chi connectivity index (χ4n) is 2.11. The van der Waals surface area contributed by atoms with Gasteiger partial charge in [-0.15, -0.1) is 0 Å². The molecular weight excluding hydrogens is 316 g/mol. The fraction of sp³-hybridized carbons (Fsp3) is 0.889. The number of hydrogen-bond acceptors (Lipinski definition) is 5. The molecule has 0 aliphatic carbocycles. The van der Waals surface area contributed by atoms with Gasteiger partial charge in [0, 0.05) is 6.04 Å². The van der Waals surface area contributed by atoms with E-state index >= 15 is 0 Å². The molecule has 1 saturated heterocycles. The normalized spacial score (nSPS) is 26.4. The molecule has 0 aromatic heterocycles. The van der Waals surface area contributed by atoms with Crippen LogP contribution < -0.4 is 0 Å². The van der Waals surface area contributed by atoms with Gasteiger partial charge in [0.25, 0.3) is 0 Å². The van der Waals surface area contributed by atoms with Gasteiger partial charge in [-0.3, -0.25) is 4.79 Å². The molecule has 0 saturated carbocycles. The van der Waals surface area contributed by atoms with E-state index in [1.807, 2.05) is 32.7 Å². The van der Waals surface area contributed by atoms with Gasteiger partial charge < -0.3 is 21.6 Å². The summed E-state index contributed by atoms with van der Waals surface area (Å²) in [6.45, 7) is 11.4. The SMILES string of the molecule is CC(C[Si]1(C)O[Si](C)O[Si](C)(C)O[Si](C)O1)C(=O)O. The van der Waals surface area contributed by atoms with Crippen molar-refractivity contribution in [2.24, 2.45) is 5.92 Å². The largest absolute Gasteiger partial charge is 0.481 e. The Labute approximate surface area is 120 Å². The lowest BCUT2D eigenvalue weighted by Crippen LogP contribution is -2.57. The Morgan fingerprint density at radius 1 is 1.11 bits per heavy atom. The van der Waals surface area contributed by atoms with Crippen molar-refractivity contribution >= 4 is 41.7 Å². The molecule has 6 nitrogen and oxygen atoms in total. The van der Waals surface area contributed by atoms with Crippen molar-refractivity contribution in [3.05, 3.63) is 0 Å². The van der Waals surface area contributed by atoms with E-state index in [-0.39, 0.29) is 0 Å². The van der Waals surface area contributed by atoms with Crippen LogP contribution in [-0.2, 0) is 21.3 Å². The third-order valence-electron chi connectivity index (χ3n) is 2.60. The highest BCUT2D eigenvalue weighted by Gasteiger charge is 2.45. The minimum atomic E-state index is -2.55. The number of rotatable bonds is 3.